The molecule has 0 bridgehead atoms. The Morgan fingerprint density at radius 2 is 2.29 bits per heavy atom. The van der Waals surface area contributed by atoms with Crippen molar-refractivity contribution in [2.45, 2.75) is 6.61 Å². The molecule has 0 aliphatic carbocycles. The Morgan fingerprint density at radius 3 is 3.00 bits per heavy atom. The predicted molar refractivity (Wildman–Crippen MR) is 56.0 cm³/mol. The molecule has 1 heterocycles. The number of aromatic nitrogens is 2. The van der Waals surface area contributed by atoms with Crippen molar-refractivity contribution < 1.29 is 5.11 Å². The number of nitrogens with one attached hydrogen (secondary N) is 1. The van der Waals surface area contributed by atoms with Gasteiger partial charge in [-0.25, -0.2) is 4.98 Å². The highest BCUT2D eigenvalue weighted by Crippen LogP contribution is 2.20. The van der Waals surface area contributed by atoms with Gasteiger partial charge in [-0.15, -0.1) is 0 Å². The molecule has 0 atom stereocenters. The van der Waals surface area contributed by atoms with E-state index in [9.17, 15) is 4.79 Å². The number of hydrogen-bond acceptors (Lipinski definition) is 3. The molecule has 0 unspecified atom stereocenters. The van der Waals surface area contributed by atoms with E-state index in [0.717, 1.165) is 4.47 Å². The average Bonchev–Trinajstić information content (AvgIpc) is 2.17. The number of nitrogens with zero attached hydrogens (tertiary/aromatic N) is 1. The predicted octanol–water partition coefficient (Wildman–Crippen LogP) is 1.18. The van der Waals surface area contributed by atoms with Crippen molar-refractivity contribution >= 4 is 27.0 Å². The second kappa shape index (κ2) is 3.51. The first-order valence-corrected chi connectivity index (χ1v) is 4.78. The van der Waals surface area contributed by atoms with E-state index in [-0.39, 0.29) is 12.2 Å². The van der Waals surface area contributed by atoms with Gasteiger partial charge in [-0.2, -0.15) is 0 Å². The molecular formula is C9H7BrN2O2. The molecule has 0 aliphatic heterocycles. The summed E-state index contributed by atoms with van der Waals surface area (Å²) in [6, 6.07) is 3.53. The van der Waals surface area contributed by atoms with Crippen LogP contribution in [0.5, 0.6) is 0 Å². The normalized spacial score (nSPS) is 10.7. The molecule has 0 radical (unpaired) electrons. The highest BCUT2D eigenvalue weighted by Gasteiger charge is 2.03. The molecule has 0 fully saturated rings. The molecule has 2 N–H and O–H groups in total. The molecule has 5 heteroatoms. The maximum atomic E-state index is 11.0. The Labute approximate surface area is 87.7 Å². The van der Waals surface area contributed by atoms with Gasteiger partial charge in [0, 0.05) is 10.0 Å². The quantitative estimate of drug-likeness (QED) is 0.804. The lowest BCUT2D eigenvalue weighted by Gasteiger charge is -2.03. The van der Waals surface area contributed by atoms with Crippen molar-refractivity contribution in [3.05, 3.63) is 38.7 Å². The number of aliphatic hydroxyl groups excluding tert-OH is 1. The first-order chi connectivity index (χ1) is 6.70. The number of hydrogen-bond donors (Lipinski definition) is 2. The zero-order valence-corrected chi connectivity index (χ0v) is 8.71. The van der Waals surface area contributed by atoms with Crippen LogP contribution in [0.2, 0.25) is 0 Å². The lowest BCUT2D eigenvalue weighted by molar-refractivity contribution is 0.283. The molecule has 1 aromatic carbocycles. The molecule has 0 aliphatic rings. The Hall–Kier alpha value is -1.20. The van der Waals surface area contributed by atoms with E-state index in [2.05, 4.69) is 25.9 Å². The van der Waals surface area contributed by atoms with Gasteiger partial charge in [0.05, 0.1) is 23.8 Å². The van der Waals surface area contributed by atoms with Crippen LogP contribution in [0.3, 0.4) is 0 Å². The molecule has 14 heavy (non-hydrogen) atoms. The first kappa shape index (κ1) is 9.36. The van der Waals surface area contributed by atoms with Gasteiger partial charge in [0.15, 0.2) is 0 Å². The number of benzene rings is 1. The molecule has 0 saturated heterocycles. The zero-order chi connectivity index (χ0) is 10.1. The molecule has 0 spiro atoms. The number of aromatic amines is 1. The van der Waals surface area contributed by atoms with Crippen molar-refractivity contribution in [1.82, 2.24) is 9.97 Å². The van der Waals surface area contributed by atoms with E-state index in [1.807, 2.05) is 0 Å². The Bertz CT molecular complexity index is 536. The van der Waals surface area contributed by atoms with Crippen LogP contribution in [0.1, 0.15) is 5.56 Å². The molecule has 0 saturated carbocycles. The van der Waals surface area contributed by atoms with Crippen LogP contribution in [-0.2, 0) is 6.61 Å². The fraction of sp³-hybridized carbons (Fsp3) is 0.111. The third-order valence-electron chi connectivity index (χ3n) is 1.90. The van der Waals surface area contributed by atoms with Crippen LogP contribution >= 0.6 is 15.9 Å². The fourth-order valence-electron chi connectivity index (χ4n) is 1.30. The lowest BCUT2D eigenvalue weighted by atomic mass is 10.2. The lowest BCUT2D eigenvalue weighted by Crippen LogP contribution is -2.06. The third-order valence-corrected chi connectivity index (χ3v) is 2.36. The average molecular weight is 255 g/mol. The second-order valence-corrected chi connectivity index (χ2v) is 3.78. The summed E-state index contributed by atoms with van der Waals surface area (Å²) < 4.78 is 0.827. The number of aliphatic hydroxyl groups is 1. The van der Waals surface area contributed by atoms with Gasteiger partial charge in [-0.1, -0.05) is 15.9 Å². The number of H-pyrrole nitrogens is 1. The van der Waals surface area contributed by atoms with Gasteiger partial charge >= 0.3 is 0 Å². The topological polar surface area (TPSA) is 66.0 Å². The summed E-state index contributed by atoms with van der Waals surface area (Å²) in [5.41, 5.74) is 1.63. The molecule has 2 aromatic rings. The summed E-state index contributed by atoms with van der Waals surface area (Å²) in [5, 5.41) is 9.08. The van der Waals surface area contributed by atoms with Gasteiger partial charge in [-0.05, 0) is 12.1 Å². The van der Waals surface area contributed by atoms with Gasteiger partial charge in [-0.3, -0.25) is 4.79 Å². The van der Waals surface area contributed by atoms with Crippen LogP contribution in [-0.4, -0.2) is 15.1 Å². The first-order valence-electron chi connectivity index (χ1n) is 3.99. The number of fused-ring (bicyclic) bond motifs is 1. The summed E-state index contributed by atoms with van der Waals surface area (Å²) >= 11 is 3.30. The van der Waals surface area contributed by atoms with Crippen molar-refractivity contribution in [2.75, 3.05) is 0 Å². The van der Waals surface area contributed by atoms with Crippen LogP contribution in [0.4, 0.5) is 0 Å². The molecule has 1 aromatic heterocycles. The van der Waals surface area contributed by atoms with Gasteiger partial charge in [0.25, 0.3) is 5.56 Å². The minimum Gasteiger partial charge on any atom is -0.392 e. The van der Waals surface area contributed by atoms with E-state index < -0.39 is 0 Å². The number of halogens is 1. The molecule has 0 amide bonds. The maximum Gasteiger partial charge on any atom is 0.266 e. The Morgan fingerprint density at radius 1 is 1.50 bits per heavy atom. The zero-order valence-electron chi connectivity index (χ0n) is 7.12. The molecule has 2 rings (SSSR count). The van der Waals surface area contributed by atoms with E-state index >= 15 is 0 Å². The van der Waals surface area contributed by atoms with Crippen LogP contribution in [0.25, 0.3) is 11.0 Å². The molecule has 4 nitrogen and oxygen atoms in total. The summed E-state index contributed by atoms with van der Waals surface area (Å²) in [4.78, 5) is 17.6. The van der Waals surface area contributed by atoms with Crippen LogP contribution in [0, 0.1) is 0 Å². The molecular weight excluding hydrogens is 248 g/mol. The Kier molecular flexibility index (Phi) is 2.35. The molecule has 72 valence electrons. The van der Waals surface area contributed by atoms with E-state index in [0.29, 0.717) is 16.6 Å². The second-order valence-electron chi connectivity index (χ2n) is 2.86. The highest BCUT2D eigenvalue weighted by molar-refractivity contribution is 9.10. The number of rotatable bonds is 1. The SMILES string of the molecule is O=c1cnc2cc(Br)cc(CO)c2[nH]1. The van der Waals surface area contributed by atoms with Crippen molar-refractivity contribution in [3.8, 4) is 0 Å². The van der Waals surface area contributed by atoms with Crippen LogP contribution < -0.4 is 5.56 Å². The summed E-state index contributed by atoms with van der Waals surface area (Å²) in [7, 11) is 0. The Balaban J connectivity index is 2.88. The minimum atomic E-state index is -0.269. The largest absolute Gasteiger partial charge is 0.392 e. The summed E-state index contributed by atoms with van der Waals surface area (Å²) in [6.07, 6.45) is 1.22. The third kappa shape index (κ3) is 1.56. The van der Waals surface area contributed by atoms with Gasteiger partial charge < -0.3 is 10.1 Å². The van der Waals surface area contributed by atoms with E-state index in [4.69, 9.17) is 5.11 Å². The monoisotopic (exact) mass is 254 g/mol. The van der Waals surface area contributed by atoms with Crippen LogP contribution in [0.15, 0.2) is 27.6 Å². The van der Waals surface area contributed by atoms with E-state index in [1.54, 1.807) is 12.1 Å². The smallest absolute Gasteiger partial charge is 0.266 e. The van der Waals surface area contributed by atoms with Gasteiger partial charge in [0.2, 0.25) is 0 Å². The fourth-order valence-corrected chi connectivity index (χ4v) is 1.80. The standard InChI is InChI=1S/C9H7BrN2O2/c10-6-1-5(4-13)9-7(2-6)11-3-8(14)12-9/h1-3,13H,4H2,(H,12,14). The summed E-state index contributed by atoms with van der Waals surface area (Å²) in [6.45, 7) is -0.127. The van der Waals surface area contributed by atoms with Crippen molar-refractivity contribution in [1.29, 1.82) is 0 Å². The summed E-state index contributed by atoms with van der Waals surface area (Å²) in [5.74, 6) is 0. The van der Waals surface area contributed by atoms with Gasteiger partial charge in [0.1, 0.15) is 0 Å². The van der Waals surface area contributed by atoms with Crippen molar-refractivity contribution in [2.24, 2.45) is 0 Å². The van der Waals surface area contributed by atoms with E-state index in [1.165, 1.54) is 6.20 Å². The van der Waals surface area contributed by atoms with Crippen molar-refractivity contribution in [3.63, 3.8) is 0 Å². The minimum absolute atomic E-state index is 0.127. The highest BCUT2D eigenvalue weighted by atomic mass is 79.9. The maximum absolute atomic E-state index is 11.0.